The van der Waals surface area contributed by atoms with Crippen molar-refractivity contribution in [2.45, 2.75) is 32.6 Å². The summed E-state index contributed by atoms with van der Waals surface area (Å²) in [6, 6.07) is 15.6. The Bertz CT molecular complexity index is 619. The number of ketones is 1. The van der Waals surface area contributed by atoms with Crippen LogP contribution in [-0.2, 0) is 11.8 Å². The van der Waals surface area contributed by atoms with E-state index in [1.165, 1.54) is 5.56 Å². The quantitative estimate of drug-likeness (QED) is 0.776. The lowest BCUT2D eigenvalue weighted by atomic mass is 9.86. The minimum atomic E-state index is 0.109. The van der Waals surface area contributed by atoms with E-state index >= 15 is 0 Å². The molecule has 2 rings (SSSR count). The Balaban J connectivity index is 2.12. The first-order chi connectivity index (χ1) is 9.90. The molecule has 0 saturated heterocycles. The van der Waals surface area contributed by atoms with Gasteiger partial charge in [0.25, 0.3) is 0 Å². The summed E-state index contributed by atoms with van der Waals surface area (Å²) < 4.78 is 5.16. The van der Waals surface area contributed by atoms with Crippen LogP contribution in [0.25, 0.3) is 0 Å². The van der Waals surface area contributed by atoms with E-state index in [0.29, 0.717) is 17.7 Å². The van der Waals surface area contributed by atoms with Crippen molar-refractivity contribution in [1.29, 1.82) is 0 Å². The van der Waals surface area contributed by atoms with Crippen LogP contribution in [0.1, 0.15) is 42.3 Å². The smallest absolute Gasteiger partial charge is 0.167 e. The molecule has 0 atom stereocenters. The van der Waals surface area contributed by atoms with Gasteiger partial charge in [-0.05, 0) is 28.7 Å². The first-order valence-electron chi connectivity index (χ1n) is 7.17. The highest BCUT2D eigenvalue weighted by Gasteiger charge is 2.14. The van der Waals surface area contributed by atoms with E-state index in [2.05, 4.69) is 32.9 Å². The van der Waals surface area contributed by atoms with E-state index in [-0.39, 0.29) is 11.2 Å². The van der Waals surface area contributed by atoms with Gasteiger partial charge >= 0.3 is 0 Å². The Hall–Kier alpha value is -2.09. The zero-order valence-corrected chi connectivity index (χ0v) is 13.1. The summed E-state index contributed by atoms with van der Waals surface area (Å²) in [5.41, 5.74) is 3.14. The number of carbonyl (C=O) groups excluding carboxylic acids is 1. The number of rotatable bonds is 4. The molecule has 0 fully saturated rings. The lowest BCUT2D eigenvalue weighted by molar-refractivity contribution is 0.0992. The molecule has 2 nitrogen and oxygen atoms in total. The number of Topliss-reactive ketones (excluding diaryl/α,β-unsaturated/α-hetero) is 1. The van der Waals surface area contributed by atoms with Crippen LogP contribution in [0, 0.1) is 0 Å². The van der Waals surface area contributed by atoms with Crippen molar-refractivity contribution in [3.63, 3.8) is 0 Å². The van der Waals surface area contributed by atoms with Gasteiger partial charge in [0.05, 0.1) is 7.11 Å². The van der Waals surface area contributed by atoms with Crippen LogP contribution in [0.15, 0.2) is 48.5 Å². The molecule has 0 bridgehead atoms. The summed E-state index contributed by atoms with van der Waals surface area (Å²) in [5.74, 6) is 0.821. The van der Waals surface area contributed by atoms with Crippen molar-refractivity contribution in [3.8, 4) is 5.75 Å². The molecule has 0 aliphatic rings. The first kappa shape index (κ1) is 15.3. The third kappa shape index (κ3) is 3.94. The van der Waals surface area contributed by atoms with Gasteiger partial charge in [0.2, 0.25) is 0 Å². The molecule has 2 aromatic rings. The SMILES string of the molecule is COc1cccc(C(=O)Cc2ccc(C(C)(C)C)cc2)c1. The Kier molecular flexibility index (Phi) is 4.46. The second-order valence-corrected chi connectivity index (χ2v) is 6.28. The number of methoxy groups -OCH3 is 1. The Morgan fingerprint density at radius 2 is 1.71 bits per heavy atom. The predicted molar refractivity (Wildman–Crippen MR) is 86.2 cm³/mol. The molecule has 0 N–H and O–H groups in total. The van der Waals surface area contributed by atoms with E-state index in [4.69, 9.17) is 4.74 Å². The van der Waals surface area contributed by atoms with Crippen molar-refractivity contribution >= 4 is 5.78 Å². The molecule has 0 spiro atoms. The van der Waals surface area contributed by atoms with E-state index in [1.54, 1.807) is 13.2 Å². The molecule has 110 valence electrons. The summed E-state index contributed by atoms with van der Waals surface area (Å²) in [7, 11) is 1.61. The van der Waals surface area contributed by atoms with Crippen LogP contribution in [0.3, 0.4) is 0 Å². The molecule has 0 heterocycles. The second kappa shape index (κ2) is 6.13. The molecular formula is C19H22O2. The number of benzene rings is 2. The molecule has 0 unspecified atom stereocenters. The first-order valence-corrected chi connectivity index (χ1v) is 7.17. The van der Waals surface area contributed by atoms with Crippen LogP contribution in [-0.4, -0.2) is 12.9 Å². The van der Waals surface area contributed by atoms with Gasteiger partial charge in [-0.25, -0.2) is 0 Å². The Labute approximate surface area is 126 Å². The van der Waals surface area contributed by atoms with Crippen molar-refractivity contribution in [2.75, 3.05) is 7.11 Å². The Morgan fingerprint density at radius 1 is 1.05 bits per heavy atom. The minimum Gasteiger partial charge on any atom is -0.497 e. The average molecular weight is 282 g/mol. The topological polar surface area (TPSA) is 26.3 Å². The van der Waals surface area contributed by atoms with Crippen molar-refractivity contribution < 1.29 is 9.53 Å². The van der Waals surface area contributed by atoms with E-state index < -0.39 is 0 Å². The monoisotopic (exact) mass is 282 g/mol. The minimum absolute atomic E-state index is 0.109. The zero-order chi connectivity index (χ0) is 15.5. The van der Waals surface area contributed by atoms with Crippen LogP contribution < -0.4 is 4.74 Å². The summed E-state index contributed by atoms with van der Waals surface area (Å²) in [6.45, 7) is 6.55. The maximum atomic E-state index is 12.3. The number of carbonyl (C=O) groups is 1. The predicted octanol–water partition coefficient (Wildman–Crippen LogP) is 4.42. The lowest BCUT2D eigenvalue weighted by Gasteiger charge is -2.19. The molecule has 21 heavy (non-hydrogen) atoms. The fraction of sp³-hybridized carbons (Fsp3) is 0.316. The van der Waals surface area contributed by atoms with Gasteiger partial charge in [-0.15, -0.1) is 0 Å². The molecule has 0 aliphatic heterocycles. The van der Waals surface area contributed by atoms with Crippen LogP contribution in [0.5, 0.6) is 5.75 Å². The van der Waals surface area contributed by atoms with Crippen LogP contribution in [0.4, 0.5) is 0 Å². The largest absolute Gasteiger partial charge is 0.497 e. The van der Waals surface area contributed by atoms with E-state index in [1.807, 2.05) is 30.3 Å². The van der Waals surface area contributed by atoms with Crippen molar-refractivity contribution in [1.82, 2.24) is 0 Å². The Morgan fingerprint density at radius 3 is 2.29 bits per heavy atom. The molecule has 0 aromatic heterocycles. The molecule has 2 heteroatoms. The van der Waals surface area contributed by atoms with Gasteiger partial charge < -0.3 is 4.74 Å². The molecule has 0 amide bonds. The lowest BCUT2D eigenvalue weighted by Crippen LogP contribution is -2.11. The summed E-state index contributed by atoms with van der Waals surface area (Å²) in [5, 5.41) is 0. The third-order valence-electron chi connectivity index (χ3n) is 3.58. The van der Waals surface area contributed by atoms with Crippen molar-refractivity contribution in [3.05, 3.63) is 65.2 Å². The van der Waals surface area contributed by atoms with Gasteiger partial charge in [-0.1, -0.05) is 57.2 Å². The van der Waals surface area contributed by atoms with Gasteiger partial charge in [-0.3, -0.25) is 4.79 Å². The zero-order valence-electron chi connectivity index (χ0n) is 13.1. The molecule has 0 radical (unpaired) electrons. The molecule has 0 saturated carbocycles. The summed E-state index contributed by atoms with van der Waals surface area (Å²) >= 11 is 0. The summed E-state index contributed by atoms with van der Waals surface area (Å²) in [4.78, 5) is 12.3. The van der Waals surface area contributed by atoms with E-state index in [9.17, 15) is 4.79 Å². The second-order valence-electron chi connectivity index (χ2n) is 6.28. The summed E-state index contributed by atoms with van der Waals surface area (Å²) in [6.07, 6.45) is 0.414. The van der Waals surface area contributed by atoms with Crippen LogP contribution >= 0.6 is 0 Å². The molecule has 0 aliphatic carbocycles. The fourth-order valence-electron chi connectivity index (χ4n) is 2.21. The van der Waals surface area contributed by atoms with Gasteiger partial charge in [0.1, 0.15) is 5.75 Å². The highest BCUT2D eigenvalue weighted by Crippen LogP contribution is 2.22. The number of hydrogen-bond acceptors (Lipinski definition) is 2. The maximum absolute atomic E-state index is 12.3. The molecular weight excluding hydrogens is 260 g/mol. The van der Waals surface area contributed by atoms with E-state index in [0.717, 1.165) is 5.56 Å². The highest BCUT2D eigenvalue weighted by molar-refractivity contribution is 5.97. The van der Waals surface area contributed by atoms with Gasteiger partial charge in [0.15, 0.2) is 5.78 Å². The number of hydrogen-bond donors (Lipinski definition) is 0. The number of ether oxygens (including phenoxy) is 1. The standard InChI is InChI=1S/C19H22O2/c1-19(2,3)16-10-8-14(9-11-16)12-18(20)15-6-5-7-17(13-15)21-4/h5-11,13H,12H2,1-4H3. The third-order valence-corrected chi connectivity index (χ3v) is 3.58. The highest BCUT2D eigenvalue weighted by atomic mass is 16.5. The molecule has 2 aromatic carbocycles. The normalized spacial score (nSPS) is 11.2. The van der Waals surface area contributed by atoms with Crippen molar-refractivity contribution in [2.24, 2.45) is 0 Å². The fourth-order valence-corrected chi connectivity index (χ4v) is 2.21. The maximum Gasteiger partial charge on any atom is 0.167 e. The average Bonchev–Trinajstić information content (AvgIpc) is 2.47. The van der Waals surface area contributed by atoms with Crippen LogP contribution in [0.2, 0.25) is 0 Å². The van der Waals surface area contributed by atoms with Gasteiger partial charge in [-0.2, -0.15) is 0 Å². The van der Waals surface area contributed by atoms with Gasteiger partial charge in [0, 0.05) is 12.0 Å².